The average Bonchev–Trinajstić information content (AvgIpc) is 3.35. The summed E-state index contributed by atoms with van der Waals surface area (Å²) < 4.78 is 28.4. The van der Waals surface area contributed by atoms with Gasteiger partial charge in [0.1, 0.15) is 18.8 Å². The molecule has 1 rings (SSSR count). The fourth-order valence-corrected chi connectivity index (χ4v) is 8.39. The highest BCUT2D eigenvalue weighted by molar-refractivity contribution is 5.74. The Kier molecular flexibility index (Phi) is 44.1. The van der Waals surface area contributed by atoms with Gasteiger partial charge in [-0.1, -0.05) is 179 Å². The highest BCUT2D eigenvalue weighted by Crippen LogP contribution is 2.26. The second-order valence-electron chi connectivity index (χ2n) is 19.6. The topological polar surface area (TPSA) is 175 Å². The maximum absolute atomic E-state index is 13.1. The zero-order valence-electron chi connectivity index (χ0n) is 45.0. The van der Waals surface area contributed by atoms with E-state index in [1.807, 2.05) is 0 Å². The van der Waals surface area contributed by atoms with Crippen LogP contribution in [0.1, 0.15) is 252 Å². The number of aliphatic carboxylic acids is 1. The number of carbonyl (C=O) groups excluding carboxylic acids is 3. The van der Waals surface area contributed by atoms with Crippen LogP contribution in [-0.4, -0.2) is 89.2 Å². The van der Waals surface area contributed by atoms with Crippen molar-refractivity contribution in [3.05, 3.63) is 48.6 Å². The summed E-state index contributed by atoms with van der Waals surface area (Å²) in [5.41, 5.74) is 0. The zero-order valence-corrected chi connectivity index (χ0v) is 45.0. The van der Waals surface area contributed by atoms with Crippen molar-refractivity contribution in [2.24, 2.45) is 0 Å². The number of aliphatic hydroxyl groups is 2. The highest BCUT2D eigenvalue weighted by atomic mass is 16.7. The van der Waals surface area contributed by atoms with Crippen LogP contribution in [-0.2, 0) is 42.9 Å². The first kappa shape index (κ1) is 65.7. The van der Waals surface area contributed by atoms with Crippen molar-refractivity contribution in [3.63, 3.8) is 0 Å². The minimum atomic E-state index is -1.91. The summed E-state index contributed by atoms with van der Waals surface area (Å²) in [5.74, 6) is -3.15. The van der Waals surface area contributed by atoms with E-state index in [4.69, 9.17) is 23.7 Å². The molecule has 0 spiro atoms. The Labute approximate surface area is 431 Å². The molecule has 0 aromatic carbocycles. The van der Waals surface area contributed by atoms with Crippen molar-refractivity contribution < 1.29 is 58.2 Å². The fraction of sp³-hybridized carbons (Fsp3) is 0.797. The lowest BCUT2D eigenvalue weighted by atomic mass is 9.98. The average molecular weight is 1000 g/mol. The lowest BCUT2D eigenvalue weighted by Crippen LogP contribution is -2.61. The summed E-state index contributed by atoms with van der Waals surface area (Å²) in [6, 6.07) is 0. The molecule has 0 bridgehead atoms. The zero-order chi connectivity index (χ0) is 51.8. The Hall–Kier alpha value is -3.32. The summed E-state index contributed by atoms with van der Waals surface area (Å²) in [4.78, 5) is 51.0. The lowest BCUT2D eigenvalue weighted by molar-refractivity contribution is -0.301. The van der Waals surface area contributed by atoms with Gasteiger partial charge in [0.25, 0.3) is 0 Å². The number of hydrogen-bond acceptors (Lipinski definition) is 11. The molecule has 1 saturated heterocycles. The second-order valence-corrected chi connectivity index (χ2v) is 19.6. The van der Waals surface area contributed by atoms with Crippen LogP contribution >= 0.6 is 0 Å². The Morgan fingerprint density at radius 2 is 0.845 bits per heavy atom. The van der Waals surface area contributed by atoms with Crippen LogP contribution in [0.2, 0.25) is 0 Å². The van der Waals surface area contributed by atoms with Gasteiger partial charge in [0.05, 0.1) is 6.61 Å². The van der Waals surface area contributed by atoms with Crippen LogP contribution in [0.5, 0.6) is 0 Å². The van der Waals surface area contributed by atoms with Gasteiger partial charge >= 0.3 is 23.9 Å². The van der Waals surface area contributed by atoms with E-state index in [0.29, 0.717) is 19.3 Å². The van der Waals surface area contributed by atoms with Crippen LogP contribution in [0.3, 0.4) is 0 Å². The van der Waals surface area contributed by atoms with Gasteiger partial charge < -0.3 is 39.0 Å². The van der Waals surface area contributed by atoms with E-state index in [2.05, 4.69) is 69.4 Å². The molecule has 1 fully saturated rings. The third-order valence-corrected chi connectivity index (χ3v) is 12.8. The Balaban J connectivity index is 2.72. The molecule has 1 aliphatic heterocycles. The smallest absolute Gasteiger partial charge is 0.335 e. The van der Waals surface area contributed by atoms with Gasteiger partial charge in [-0.25, -0.2) is 4.79 Å². The molecule has 0 saturated carbocycles. The number of rotatable bonds is 48. The molecule has 0 radical (unpaired) electrons. The molecule has 6 unspecified atom stereocenters. The number of carboxylic acids is 1. The van der Waals surface area contributed by atoms with Crippen LogP contribution in [0.25, 0.3) is 0 Å². The molecule has 1 heterocycles. The maximum Gasteiger partial charge on any atom is 0.335 e. The maximum atomic E-state index is 13.1. The Morgan fingerprint density at radius 1 is 0.465 bits per heavy atom. The van der Waals surface area contributed by atoms with Crippen LogP contribution in [0.4, 0.5) is 0 Å². The molecule has 0 aromatic rings. The summed E-state index contributed by atoms with van der Waals surface area (Å²) in [5, 5.41) is 31.4. The Bertz CT molecular complexity index is 1420. The number of unbranched alkanes of at least 4 members (excludes halogenated alkanes) is 26. The summed E-state index contributed by atoms with van der Waals surface area (Å²) in [6.45, 7) is 5.91. The standard InChI is InChI=1S/C59H102O12/c1-4-7-10-13-16-19-22-25-26-29-32-35-38-41-44-47-53(62)70-57-55(64)54(63)56(58(65)66)71-59(57)68-49-50(69-52(61)46-43-40-37-34-31-28-24-21-18-15-12-9-6-3)48-67-51(60)45-42-39-36-33-30-27-23-20-17-14-11-8-5-2/h16,19-21,23-26,50,54-57,59,63-64H,4-15,17-18,22,27-49H2,1-3H3,(H,65,66)/b19-16-,23-20-,24-21-,26-25-. The number of carboxylic acid groups (broad SMARTS) is 1. The summed E-state index contributed by atoms with van der Waals surface area (Å²) >= 11 is 0. The molecular formula is C59H102O12. The Morgan fingerprint density at radius 3 is 1.31 bits per heavy atom. The monoisotopic (exact) mass is 1000 g/mol. The SMILES string of the molecule is CCCCC/C=C\C/C=C\CCCCCCCC(=O)OC1C(OCC(COC(=O)CCCCCCC/C=C\CCCCCC)OC(=O)CCCCCCC/C=C\CCCCCC)OC(C(=O)O)C(O)C1O. The first-order valence-corrected chi connectivity index (χ1v) is 28.6. The molecular weight excluding hydrogens is 901 g/mol. The first-order valence-electron chi connectivity index (χ1n) is 28.6. The van der Waals surface area contributed by atoms with Gasteiger partial charge in [-0.15, -0.1) is 0 Å². The lowest BCUT2D eigenvalue weighted by Gasteiger charge is -2.40. The van der Waals surface area contributed by atoms with Gasteiger partial charge in [0.2, 0.25) is 0 Å². The van der Waals surface area contributed by atoms with Crippen molar-refractivity contribution in [1.29, 1.82) is 0 Å². The molecule has 410 valence electrons. The van der Waals surface area contributed by atoms with E-state index in [0.717, 1.165) is 122 Å². The highest BCUT2D eigenvalue weighted by Gasteiger charge is 2.50. The predicted molar refractivity (Wildman–Crippen MR) is 285 cm³/mol. The van der Waals surface area contributed by atoms with Gasteiger partial charge in [-0.2, -0.15) is 0 Å². The van der Waals surface area contributed by atoms with E-state index >= 15 is 0 Å². The van der Waals surface area contributed by atoms with Crippen LogP contribution in [0.15, 0.2) is 48.6 Å². The second kappa shape index (κ2) is 47.7. The summed E-state index contributed by atoms with van der Waals surface area (Å²) in [6.07, 6.45) is 43.7. The molecule has 0 amide bonds. The van der Waals surface area contributed by atoms with E-state index in [1.165, 1.54) is 70.6 Å². The molecule has 12 heteroatoms. The number of ether oxygens (including phenoxy) is 5. The van der Waals surface area contributed by atoms with Crippen molar-refractivity contribution >= 4 is 23.9 Å². The molecule has 1 aliphatic rings. The molecule has 12 nitrogen and oxygen atoms in total. The number of carbonyl (C=O) groups is 4. The van der Waals surface area contributed by atoms with Gasteiger partial charge in [-0.05, 0) is 103 Å². The first-order chi connectivity index (χ1) is 34.6. The van der Waals surface area contributed by atoms with Crippen LogP contribution in [0, 0.1) is 0 Å². The normalized spacial score (nSPS) is 18.8. The molecule has 6 atom stereocenters. The van der Waals surface area contributed by atoms with E-state index < -0.39 is 67.3 Å². The van der Waals surface area contributed by atoms with Gasteiger partial charge in [0, 0.05) is 19.3 Å². The quantitative estimate of drug-likeness (QED) is 0.0228. The van der Waals surface area contributed by atoms with Crippen molar-refractivity contribution in [1.82, 2.24) is 0 Å². The minimum absolute atomic E-state index is 0.0436. The van der Waals surface area contributed by atoms with Crippen molar-refractivity contribution in [2.75, 3.05) is 13.2 Å². The minimum Gasteiger partial charge on any atom is -0.479 e. The summed E-state index contributed by atoms with van der Waals surface area (Å²) in [7, 11) is 0. The largest absolute Gasteiger partial charge is 0.479 e. The molecule has 0 aromatic heterocycles. The third-order valence-electron chi connectivity index (χ3n) is 12.8. The van der Waals surface area contributed by atoms with Crippen molar-refractivity contribution in [3.8, 4) is 0 Å². The number of allylic oxidation sites excluding steroid dienone is 8. The van der Waals surface area contributed by atoms with Crippen molar-refractivity contribution in [2.45, 2.75) is 289 Å². The number of aliphatic hydroxyl groups excluding tert-OH is 2. The molecule has 3 N–H and O–H groups in total. The molecule has 0 aliphatic carbocycles. The number of esters is 3. The van der Waals surface area contributed by atoms with E-state index in [-0.39, 0.29) is 25.9 Å². The van der Waals surface area contributed by atoms with Crippen LogP contribution < -0.4 is 0 Å². The van der Waals surface area contributed by atoms with Gasteiger partial charge in [0.15, 0.2) is 24.6 Å². The predicted octanol–water partition coefficient (Wildman–Crippen LogP) is 14.2. The number of hydrogen-bond donors (Lipinski definition) is 3. The van der Waals surface area contributed by atoms with Gasteiger partial charge in [-0.3, -0.25) is 14.4 Å². The fourth-order valence-electron chi connectivity index (χ4n) is 8.39. The molecule has 71 heavy (non-hydrogen) atoms. The van der Waals surface area contributed by atoms with E-state index in [9.17, 15) is 34.5 Å². The van der Waals surface area contributed by atoms with E-state index in [1.54, 1.807) is 0 Å². The third kappa shape index (κ3) is 38.0.